The molecule has 160 valence electrons. The summed E-state index contributed by atoms with van der Waals surface area (Å²) in [6, 6.07) is 13.2. The Bertz CT molecular complexity index is 903. The van der Waals surface area contributed by atoms with E-state index < -0.39 is 0 Å². The van der Waals surface area contributed by atoms with E-state index in [4.69, 9.17) is 9.47 Å². The molecule has 7 heteroatoms. The number of amides is 2. The maximum absolute atomic E-state index is 13.0. The van der Waals surface area contributed by atoms with Crippen LogP contribution in [0.25, 0.3) is 0 Å². The van der Waals surface area contributed by atoms with Crippen molar-refractivity contribution in [2.75, 3.05) is 40.4 Å². The van der Waals surface area contributed by atoms with Crippen LogP contribution in [0.2, 0.25) is 0 Å². The standard InChI is InChI=1S/C23H27BrN2O4/c1-29-20-10-8-18(16-21(20)30-2)23(28)26-13-5-12-25(14-15-26)22(27)11-9-17-6-3-4-7-19(17)24/h3-4,6-8,10,16H,5,9,11-15H2,1-2H3. The van der Waals surface area contributed by atoms with Crippen molar-refractivity contribution in [3.63, 3.8) is 0 Å². The number of carbonyl (C=O) groups is 2. The van der Waals surface area contributed by atoms with Gasteiger partial charge in [-0.05, 0) is 42.7 Å². The minimum atomic E-state index is -0.0570. The molecule has 0 atom stereocenters. The quantitative estimate of drug-likeness (QED) is 0.639. The van der Waals surface area contributed by atoms with E-state index in [1.165, 1.54) is 0 Å². The molecule has 30 heavy (non-hydrogen) atoms. The molecule has 0 bridgehead atoms. The van der Waals surface area contributed by atoms with Crippen LogP contribution in [0.5, 0.6) is 11.5 Å². The number of benzene rings is 2. The first-order chi connectivity index (χ1) is 14.5. The van der Waals surface area contributed by atoms with Crippen LogP contribution in [0.1, 0.15) is 28.8 Å². The predicted molar refractivity (Wildman–Crippen MR) is 119 cm³/mol. The molecule has 2 aromatic rings. The van der Waals surface area contributed by atoms with E-state index in [1.807, 2.05) is 34.1 Å². The molecule has 0 aliphatic carbocycles. The van der Waals surface area contributed by atoms with Gasteiger partial charge in [0.25, 0.3) is 5.91 Å². The molecule has 0 aromatic heterocycles. The summed E-state index contributed by atoms with van der Waals surface area (Å²) >= 11 is 3.53. The molecule has 1 aliphatic rings. The van der Waals surface area contributed by atoms with Gasteiger partial charge in [0.1, 0.15) is 0 Å². The van der Waals surface area contributed by atoms with Crippen molar-refractivity contribution < 1.29 is 19.1 Å². The van der Waals surface area contributed by atoms with Crippen LogP contribution in [-0.4, -0.2) is 62.0 Å². The Morgan fingerprint density at radius 2 is 1.63 bits per heavy atom. The van der Waals surface area contributed by atoms with Crippen LogP contribution in [0.3, 0.4) is 0 Å². The Hall–Kier alpha value is -2.54. The molecule has 0 spiro atoms. The molecular formula is C23H27BrN2O4. The van der Waals surface area contributed by atoms with Gasteiger partial charge in [-0.3, -0.25) is 9.59 Å². The third-order valence-electron chi connectivity index (χ3n) is 5.33. The number of hydrogen-bond donors (Lipinski definition) is 0. The Morgan fingerprint density at radius 1 is 0.933 bits per heavy atom. The van der Waals surface area contributed by atoms with Crippen LogP contribution >= 0.6 is 15.9 Å². The van der Waals surface area contributed by atoms with Gasteiger partial charge in [-0.2, -0.15) is 0 Å². The lowest BCUT2D eigenvalue weighted by Crippen LogP contribution is -2.37. The lowest BCUT2D eigenvalue weighted by molar-refractivity contribution is -0.131. The lowest BCUT2D eigenvalue weighted by Gasteiger charge is -2.22. The fraction of sp³-hybridized carbons (Fsp3) is 0.391. The first kappa shape index (κ1) is 22.2. The fourth-order valence-electron chi connectivity index (χ4n) is 3.62. The average Bonchev–Trinajstić information content (AvgIpc) is 3.03. The molecule has 0 unspecified atom stereocenters. The van der Waals surface area contributed by atoms with Gasteiger partial charge in [-0.1, -0.05) is 34.1 Å². The number of nitrogens with zero attached hydrogens (tertiary/aromatic N) is 2. The van der Waals surface area contributed by atoms with Crippen LogP contribution in [0.15, 0.2) is 46.9 Å². The molecule has 1 fully saturated rings. The summed E-state index contributed by atoms with van der Waals surface area (Å²) in [7, 11) is 3.12. The second-order valence-electron chi connectivity index (χ2n) is 7.19. The third kappa shape index (κ3) is 5.33. The molecule has 1 aliphatic heterocycles. The Morgan fingerprint density at radius 3 is 2.37 bits per heavy atom. The number of hydrogen-bond acceptors (Lipinski definition) is 4. The second kappa shape index (κ2) is 10.5. The highest BCUT2D eigenvalue weighted by molar-refractivity contribution is 9.10. The van der Waals surface area contributed by atoms with Crippen LogP contribution in [0.4, 0.5) is 0 Å². The van der Waals surface area contributed by atoms with Crippen molar-refractivity contribution in [3.05, 3.63) is 58.1 Å². The van der Waals surface area contributed by atoms with E-state index in [0.717, 1.165) is 16.5 Å². The molecule has 2 aromatic carbocycles. The average molecular weight is 475 g/mol. The summed E-state index contributed by atoms with van der Waals surface area (Å²) in [4.78, 5) is 29.4. The summed E-state index contributed by atoms with van der Waals surface area (Å²) in [5.74, 6) is 1.19. The van der Waals surface area contributed by atoms with Gasteiger partial charge in [-0.25, -0.2) is 0 Å². The highest BCUT2D eigenvalue weighted by Gasteiger charge is 2.23. The van der Waals surface area contributed by atoms with Crippen molar-refractivity contribution in [2.24, 2.45) is 0 Å². The number of methoxy groups -OCH3 is 2. The number of rotatable bonds is 6. The number of aryl methyl sites for hydroxylation is 1. The largest absolute Gasteiger partial charge is 0.493 e. The molecule has 2 amide bonds. The van der Waals surface area contributed by atoms with Gasteiger partial charge >= 0.3 is 0 Å². The van der Waals surface area contributed by atoms with Gasteiger partial charge in [-0.15, -0.1) is 0 Å². The van der Waals surface area contributed by atoms with E-state index in [1.54, 1.807) is 32.4 Å². The Balaban J connectivity index is 1.58. The van der Waals surface area contributed by atoms with Crippen molar-refractivity contribution in [2.45, 2.75) is 19.3 Å². The van der Waals surface area contributed by atoms with Crippen LogP contribution < -0.4 is 9.47 Å². The van der Waals surface area contributed by atoms with E-state index in [9.17, 15) is 9.59 Å². The van der Waals surface area contributed by atoms with Crippen LogP contribution in [0, 0.1) is 0 Å². The molecule has 0 radical (unpaired) electrons. The lowest BCUT2D eigenvalue weighted by atomic mass is 10.1. The normalized spacial score (nSPS) is 14.2. The van der Waals surface area contributed by atoms with Crippen molar-refractivity contribution in [1.29, 1.82) is 0 Å². The summed E-state index contributed by atoms with van der Waals surface area (Å²) < 4.78 is 11.6. The number of halogens is 1. The van der Waals surface area contributed by atoms with Crippen molar-refractivity contribution in [3.8, 4) is 11.5 Å². The maximum atomic E-state index is 13.0. The zero-order valence-corrected chi connectivity index (χ0v) is 19.0. The second-order valence-corrected chi connectivity index (χ2v) is 8.04. The molecular weight excluding hydrogens is 448 g/mol. The fourth-order valence-corrected chi connectivity index (χ4v) is 4.11. The van der Waals surface area contributed by atoms with Crippen molar-refractivity contribution >= 4 is 27.7 Å². The Labute approximate surface area is 185 Å². The summed E-state index contributed by atoms with van der Waals surface area (Å²) in [6.07, 6.45) is 1.93. The SMILES string of the molecule is COc1ccc(C(=O)N2CCCN(C(=O)CCc3ccccc3Br)CC2)cc1OC. The highest BCUT2D eigenvalue weighted by atomic mass is 79.9. The molecule has 0 saturated carbocycles. The Kier molecular flexibility index (Phi) is 7.74. The van der Waals surface area contributed by atoms with Gasteiger partial charge in [0.2, 0.25) is 5.91 Å². The van der Waals surface area contributed by atoms with Gasteiger partial charge in [0.15, 0.2) is 11.5 Å². The molecule has 0 N–H and O–H groups in total. The van der Waals surface area contributed by atoms with E-state index >= 15 is 0 Å². The number of ether oxygens (including phenoxy) is 2. The number of carbonyl (C=O) groups excluding carboxylic acids is 2. The molecule has 6 nitrogen and oxygen atoms in total. The first-order valence-electron chi connectivity index (χ1n) is 10.1. The van der Waals surface area contributed by atoms with E-state index in [-0.39, 0.29) is 11.8 Å². The summed E-state index contributed by atoms with van der Waals surface area (Å²) in [5.41, 5.74) is 1.69. The van der Waals surface area contributed by atoms with E-state index in [2.05, 4.69) is 15.9 Å². The zero-order valence-electron chi connectivity index (χ0n) is 17.4. The molecule has 3 rings (SSSR count). The maximum Gasteiger partial charge on any atom is 0.254 e. The zero-order chi connectivity index (χ0) is 21.5. The smallest absolute Gasteiger partial charge is 0.254 e. The third-order valence-corrected chi connectivity index (χ3v) is 6.11. The molecule has 1 saturated heterocycles. The highest BCUT2D eigenvalue weighted by Crippen LogP contribution is 2.28. The van der Waals surface area contributed by atoms with Gasteiger partial charge < -0.3 is 19.3 Å². The molecule has 1 heterocycles. The predicted octanol–water partition coefficient (Wildman–Crippen LogP) is 3.77. The summed E-state index contributed by atoms with van der Waals surface area (Å²) in [5, 5.41) is 0. The minimum Gasteiger partial charge on any atom is -0.493 e. The minimum absolute atomic E-state index is 0.0570. The van der Waals surface area contributed by atoms with Gasteiger partial charge in [0.05, 0.1) is 14.2 Å². The monoisotopic (exact) mass is 474 g/mol. The topological polar surface area (TPSA) is 59.1 Å². The first-order valence-corrected chi connectivity index (χ1v) is 10.8. The van der Waals surface area contributed by atoms with Gasteiger partial charge in [0, 0.05) is 42.6 Å². The van der Waals surface area contributed by atoms with E-state index in [0.29, 0.717) is 56.1 Å². The van der Waals surface area contributed by atoms with Crippen molar-refractivity contribution in [1.82, 2.24) is 9.80 Å². The summed E-state index contributed by atoms with van der Waals surface area (Å²) in [6.45, 7) is 2.37. The van der Waals surface area contributed by atoms with Crippen LogP contribution in [-0.2, 0) is 11.2 Å².